The quantitative estimate of drug-likeness (QED) is 0.410. The minimum atomic E-state index is -1.25. The molecule has 0 heterocycles. The average molecular weight is 335 g/mol. The molecule has 0 rings (SSSR count). The fourth-order valence-electron chi connectivity index (χ4n) is 1.16. The number of hydrogen-bond acceptors (Lipinski definition) is 0. The summed E-state index contributed by atoms with van der Waals surface area (Å²) >= 11 is 34.3. The van der Waals surface area contributed by atoms with E-state index >= 15 is 0 Å². The van der Waals surface area contributed by atoms with Crippen molar-refractivity contribution >= 4 is 69.6 Å². The number of unbranched alkanes of at least 4 members (excludes halogenated alkanes) is 1. The molecule has 0 saturated heterocycles. The maximum atomic E-state index is 6.00. The third-order valence-electron chi connectivity index (χ3n) is 1.91. The Morgan fingerprint density at radius 3 is 1.73 bits per heavy atom. The standard InChI is InChI=1S/C9H14Cl6/c10-6-8(12)4-2-1-3-7(11)5-9(13,14)15/h7-8H,1-6H2/t7-,8-/m1/s1. The molecule has 0 N–H and O–H groups in total. The topological polar surface area (TPSA) is 0 Å². The predicted octanol–water partition coefficient (Wildman–Crippen LogP) is 5.76. The predicted molar refractivity (Wildman–Crippen MR) is 73.4 cm³/mol. The Hall–Kier alpha value is 1.74. The molecule has 0 aromatic carbocycles. The monoisotopic (exact) mass is 332 g/mol. The second-order valence-electron chi connectivity index (χ2n) is 3.45. The summed E-state index contributed by atoms with van der Waals surface area (Å²) < 4.78 is -1.25. The van der Waals surface area contributed by atoms with E-state index in [2.05, 4.69) is 0 Å². The van der Waals surface area contributed by atoms with E-state index in [9.17, 15) is 0 Å². The summed E-state index contributed by atoms with van der Waals surface area (Å²) in [4.78, 5) is 0. The van der Waals surface area contributed by atoms with Crippen molar-refractivity contribution < 1.29 is 0 Å². The summed E-state index contributed by atoms with van der Waals surface area (Å²) in [5.41, 5.74) is 0. The fourth-order valence-corrected chi connectivity index (χ4v) is 2.65. The molecule has 92 valence electrons. The summed E-state index contributed by atoms with van der Waals surface area (Å²) in [6.45, 7) is 0. The van der Waals surface area contributed by atoms with E-state index in [0.29, 0.717) is 12.3 Å². The molecule has 0 amide bonds. The number of rotatable bonds is 7. The van der Waals surface area contributed by atoms with Gasteiger partial charge in [0.25, 0.3) is 0 Å². The molecule has 0 aliphatic rings. The van der Waals surface area contributed by atoms with Crippen molar-refractivity contribution in [2.24, 2.45) is 0 Å². The van der Waals surface area contributed by atoms with Gasteiger partial charge in [0.2, 0.25) is 0 Å². The highest BCUT2D eigenvalue weighted by atomic mass is 35.6. The van der Waals surface area contributed by atoms with E-state index in [0.717, 1.165) is 25.7 Å². The first-order valence-electron chi connectivity index (χ1n) is 4.76. The van der Waals surface area contributed by atoms with Crippen molar-refractivity contribution in [2.75, 3.05) is 5.88 Å². The van der Waals surface area contributed by atoms with Crippen LogP contribution >= 0.6 is 69.6 Å². The van der Waals surface area contributed by atoms with Gasteiger partial charge in [-0.3, -0.25) is 0 Å². The average Bonchev–Trinajstić information content (AvgIpc) is 2.09. The second-order valence-corrected chi connectivity index (χ2v) is 7.51. The van der Waals surface area contributed by atoms with Crippen molar-refractivity contribution in [1.29, 1.82) is 0 Å². The van der Waals surface area contributed by atoms with E-state index < -0.39 is 3.79 Å². The zero-order chi connectivity index (χ0) is 11.9. The molecule has 0 aliphatic heterocycles. The smallest absolute Gasteiger partial charge is 0.125 e. The summed E-state index contributed by atoms with van der Waals surface area (Å²) in [5.74, 6) is 0.486. The van der Waals surface area contributed by atoms with E-state index in [1.54, 1.807) is 0 Å². The lowest BCUT2D eigenvalue weighted by atomic mass is 10.1. The van der Waals surface area contributed by atoms with E-state index in [-0.39, 0.29) is 10.8 Å². The lowest BCUT2D eigenvalue weighted by Crippen LogP contribution is -2.11. The van der Waals surface area contributed by atoms with Crippen LogP contribution in [0, 0.1) is 0 Å². The van der Waals surface area contributed by atoms with Gasteiger partial charge in [0.15, 0.2) is 3.79 Å². The third-order valence-corrected chi connectivity index (χ3v) is 3.64. The van der Waals surface area contributed by atoms with Crippen LogP contribution in [0.15, 0.2) is 0 Å². The van der Waals surface area contributed by atoms with Crippen LogP contribution in [0.3, 0.4) is 0 Å². The van der Waals surface area contributed by atoms with Crippen molar-refractivity contribution in [2.45, 2.75) is 46.7 Å². The Morgan fingerprint density at radius 2 is 1.33 bits per heavy atom. The second kappa shape index (κ2) is 8.78. The first-order valence-corrected chi connectivity index (χ1v) is 7.30. The lowest BCUT2D eigenvalue weighted by molar-refractivity contribution is 0.601. The molecule has 2 atom stereocenters. The van der Waals surface area contributed by atoms with Crippen molar-refractivity contribution in [3.8, 4) is 0 Å². The Bertz CT molecular complexity index is 155. The summed E-state index contributed by atoms with van der Waals surface area (Å²) in [7, 11) is 0. The minimum Gasteiger partial charge on any atom is -0.125 e. The number of halogens is 6. The highest BCUT2D eigenvalue weighted by Crippen LogP contribution is 2.34. The molecule has 0 unspecified atom stereocenters. The maximum absolute atomic E-state index is 6.00. The van der Waals surface area contributed by atoms with Crippen LogP contribution in [0.25, 0.3) is 0 Å². The normalized spacial score (nSPS) is 16.4. The van der Waals surface area contributed by atoms with E-state index in [1.807, 2.05) is 0 Å². The molecule has 0 bridgehead atoms. The Morgan fingerprint density at radius 1 is 0.867 bits per heavy atom. The van der Waals surface area contributed by atoms with Gasteiger partial charge in [0.1, 0.15) is 0 Å². The highest BCUT2D eigenvalue weighted by molar-refractivity contribution is 6.67. The summed E-state index contributed by atoms with van der Waals surface area (Å²) in [6, 6.07) is 0. The number of hydrogen-bond donors (Lipinski definition) is 0. The van der Waals surface area contributed by atoms with Crippen molar-refractivity contribution in [3.63, 3.8) is 0 Å². The lowest BCUT2D eigenvalue weighted by Gasteiger charge is -2.15. The van der Waals surface area contributed by atoms with Crippen LogP contribution in [0.1, 0.15) is 32.1 Å². The molecular formula is C9H14Cl6. The molecular weight excluding hydrogens is 321 g/mol. The molecule has 0 nitrogen and oxygen atoms in total. The Balaban J connectivity index is 3.43. The van der Waals surface area contributed by atoms with Crippen LogP contribution in [0.4, 0.5) is 0 Å². The fraction of sp³-hybridized carbons (Fsp3) is 1.00. The van der Waals surface area contributed by atoms with Gasteiger partial charge < -0.3 is 0 Å². The van der Waals surface area contributed by atoms with Gasteiger partial charge in [-0.15, -0.1) is 34.8 Å². The molecule has 0 aliphatic carbocycles. The largest absolute Gasteiger partial charge is 0.192 e. The van der Waals surface area contributed by atoms with Gasteiger partial charge in [0.05, 0.1) is 0 Å². The molecule has 0 radical (unpaired) electrons. The molecule has 0 aromatic rings. The van der Waals surface area contributed by atoms with Gasteiger partial charge in [-0.1, -0.05) is 47.6 Å². The first kappa shape index (κ1) is 16.7. The first-order chi connectivity index (χ1) is 6.85. The van der Waals surface area contributed by atoms with Crippen LogP contribution < -0.4 is 0 Å². The SMILES string of the molecule is ClC[C@H](Cl)CCCC[C@@H](Cl)CC(Cl)(Cl)Cl. The van der Waals surface area contributed by atoms with E-state index in [1.165, 1.54) is 0 Å². The van der Waals surface area contributed by atoms with E-state index in [4.69, 9.17) is 69.6 Å². The van der Waals surface area contributed by atoms with Crippen molar-refractivity contribution in [3.05, 3.63) is 0 Å². The molecule has 0 spiro atoms. The zero-order valence-corrected chi connectivity index (χ0v) is 12.7. The van der Waals surface area contributed by atoms with Gasteiger partial charge in [-0.2, -0.15) is 0 Å². The van der Waals surface area contributed by atoms with Crippen LogP contribution in [0.5, 0.6) is 0 Å². The molecule has 6 heteroatoms. The zero-order valence-electron chi connectivity index (χ0n) is 8.17. The summed E-state index contributed by atoms with van der Waals surface area (Å²) in [6.07, 6.45) is 4.10. The van der Waals surface area contributed by atoms with Crippen LogP contribution in [-0.2, 0) is 0 Å². The molecule has 15 heavy (non-hydrogen) atoms. The molecule has 0 fully saturated rings. The third kappa shape index (κ3) is 12.0. The van der Waals surface area contributed by atoms with Gasteiger partial charge in [-0.05, 0) is 12.8 Å². The molecule has 0 saturated carbocycles. The highest BCUT2D eigenvalue weighted by Gasteiger charge is 2.23. The number of alkyl halides is 6. The van der Waals surface area contributed by atoms with Gasteiger partial charge in [0, 0.05) is 23.1 Å². The maximum Gasteiger partial charge on any atom is 0.192 e. The van der Waals surface area contributed by atoms with Crippen LogP contribution in [0.2, 0.25) is 0 Å². The molecule has 0 aromatic heterocycles. The minimum absolute atomic E-state index is 0.0496. The van der Waals surface area contributed by atoms with Gasteiger partial charge >= 0.3 is 0 Å². The Labute approximate surface area is 121 Å². The van der Waals surface area contributed by atoms with Gasteiger partial charge in [-0.25, -0.2) is 0 Å². The Kier molecular flexibility index (Phi) is 9.79. The van der Waals surface area contributed by atoms with Crippen molar-refractivity contribution in [1.82, 2.24) is 0 Å². The summed E-state index contributed by atoms with van der Waals surface area (Å²) in [5, 5.41) is -0.0455. The van der Waals surface area contributed by atoms with Crippen LogP contribution in [-0.4, -0.2) is 20.4 Å².